The molecule has 3 heterocycles. The third kappa shape index (κ3) is 2.73. The average molecular weight is 389 g/mol. The first-order valence-electron chi connectivity index (χ1n) is 9.65. The number of amides is 4. The highest BCUT2D eigenvalue weighted by Crippen LogP contribution is 2.33. The van der Waals surface area contributed by atoms with Crippen LogP contribution in [0.25, 0.3) is 0 Å². The summed E-state index contributed by atoms with van der Waals surface area (Å²) < 4.78 is 0. The molecule has 0 aromatic heterocycles. The summed E-state index contributed by atoms with van der Waals surface area (Å²) in [7, 11) is 0. The quantitative estimate of drug-likeness (QED) is 0.725. The van der Waals surface area contributed by atoms with Crippen molar-refractivity contribution in [2.75, 3.05) is 26.2 Å². The minimum absolute atomic E-state index is 0.0271. The van der Waals surface area contributed by atoms with Crippen LogP contribution in [0.4, 0.5) is 0 Å². The average Bonchev–Trinajstić information content (AvgIpc) is 2.98. The van der Waals surface area contributed by atoms with Gasteiger partial charge in [0.05, 0.1) is 23.7 Å². The van der Waals surface area contributed by atoms with Crippen LogP contribution in [0.5, 0.6) is 0 Å². The van der Waals surface area contributed by atoms with Crippen LogP contribution in [0, 0.1) is 0 Å². The summed E-state index contributed by atoms with van der Waals surface area (Å²) in [5.74, 6) is -1.43. The van der Waals surface area contributed by atoms with E-state index in [2.05, 4.69) is 6.07 Å². The van der Waals surface area contributed by atoms with E-state index >= 15 is 0 Å². The lowest BCUT2D eigenvalue weighted by molar-refractivity contribution is -0.149. The largest absolute Gasteiger partial charge is 0.332 e. The third-order valence-corrected chi connectivity index (χ3v) is 5.98. The van der Waals surface area contributed by atoms with Crippen LogP contribution in [-0.2, 0) is 16.0 Å². The summed E-state index contributed by atoms with van der Waals surface area (Å²) >= 11 is 0. The monoisotopic (exact) mass is 389 g/mol. The molecule has 4 amide bonds. The molecule has 3 aliphatic heterocycles. The van der Waals surface area contributed by atoms with E-state index in [1.807, 2.05) is 23.1 Å². The van der Waals surface area contributed by atoms with Gasteiger partial charge >= 0.3 is 0 Å². The van der Waals surface area contributed by atoms with Crippen molar-refractivity contribution in [1.82, 2.24) is 14.7 Å². The predicted octanol–water partition coefficient (Wildman–Crippen LogP) is 1.25. The zero-order valence-electron chi connectivity index (χ0n) is 15.7. The molecule has 29 heavy (non-hydrogen) atoms. The zero-order chi connectivity index (χ0) is 20.1. The molecule has 0 aliphatic carbocycles. The molecule has 146 valence electrons. The first-order valence-corrected chi connectivity index (χ1v) is 9.65. The number of carbonyl (C=O) groups excluding carboxylic acids is 4. The normalized spacial score (nSPS) is 20.5. The molecule has 0 spiro atoms. The Morgan fingerprint density at radius 1 is 0.931 bits per heavy atom. The van der Waals surface area contributed by atoms with Crippen LogP contribution in [0.2, 0.25) is 0 Å². The Kier molecular flexibility index (Phi) is 3.97. The maximum Gasteiger partial charge on any atom is 0.262 e. The van der Waals surface area contributed by atoms with Crippen molar-refractivity contribution in [2.45, 2.75) is 12.5 Å². The summed E-state index contributed by atoms with van der Waals surface area (Å²) in [6.07, 6.45) is 0.807. The van der Waals surface area contributed by atoms with E-state index in [0.717, 1.165) is 16.9 Å². The van der Waals surface area contributed by atoms with Gasteiger partial charge in [0.1, 0.15) is 6.54 Å². The van der Waals surface area contributed by atoms with Gasteiger partial charge in [0.15, 0.2) is 0 Å². The molecule has 1 atom stereocenters. The van der Waals surface area contributed by atoms with Crippen LogP contribution < -0.4 is 0 Å². The van der Waals surface area contributed by atoms with Gasteiger partial charge in [-0.1, -0.05) is 36.4 Å². The fourth-order valence-corrected chi connectivity index (χ4v) is 4.48. The second-order valence-electron chi connectivity index (χ2n) is 7.57. The van der Waals surface area contributed by atoms with E-state index < -0.39 is 17.7 Å². The summed E-state index contributed by atoms with van der Waals surface area (Å²) in [5.41, 5.74) is 2.88. The number of carbonyl (C=O) groups is 4. The maximum atomic E-state index is 12.9. The molecule has 7 nitrogen and oxygen atoms in total. The summed E-state index contributed by atoms with van der Waals surface area (Å²) in [4.78, 5) is 55.0. The highest BCUT2D eigenvalue weighted by atomic mass is 16.2. The van der Waals surface area contributed by atoms with Gasteiger partial charge in [-0.2, -0.15) is 0 Å². The van der Waals surface area contributed by atoms with E-state index in [-0.39, 0.29) is 25.0 Å². The number of fused-ring (bicyclic) bond motifs is 4. The zero-order valence-corrected chi connectivity index (χ0v) is 15.7. The van der Waals surface area contributed by atoms with Gasteiger partial charge in [0.2, 0.25) is 11.8 Å². The molecular formula is C22H19N3O4. The smallest absolute Gasteiger partial charge is 0.262 e. The number of benzene rings is 2. The Morgan fingerprint density at radius 2 is 1.59 bits per heavy atom. The van der Waals surface area contributed by atoms with E-state index in [0.29, 0.717) is 24.2 Å². The minimum Gasteiger partial charge on any atom is -0.332 e. The number of piperazine rings is 1. The molecule has 0 radical (unpaired) electrons. The first kappa shape index (κ1) is 17.6. The van der Waals surface area contributed by atoms with Crippen molar-refractivity contribution in [2.24, 2.45) is 0 Å². The van der Waals surface area contributed by atoms with Gasteiger partial charge in [0, 0.05) is 13.1 Å². The predicted molar refractivity (Wildman–Crippen MR) is 103 cm³/mol. The SMILES string of the molecule is O=C(CN1C(=O)c2ccccc2C1=O)N1CC(=O)N2CCc3ccccc3C2C1. The Hall–Kier alpha value is -3.48. The van der Waals surface area contributed by atoms with Gasteiger partial charge in [0.25, 0.3) is 11.8 Å². The Balaban J connectivity index is 1.36. The van der Waals surface area contributed by atoms with Gasteiger partial charge in [-0.3, -0.25) is 24.1 Å². The molecular weight excluding hydrogens is 370 g/mol. The topological polar surface area (TPSA) is 78.0 Å². The molecule has 2 aromatic carbocycles. The second kappa shape index (κ2) is 6.55. The van der Waals surface area contributed by atoms with E-state index in [4.69, 9.17) is 0 Å². The van der Waals surface area contributed by atoms with Crippen LogP contribution in [0.3, 0.4) is 0 Å². The van der Waals surface area contributed by atoms with Crippen molar-refractivity contribution >= 4 is 23.6 Å². The number of hydrogen-bond acceptors (Lipinski definition) is 4. The summed E-state index contributed by atoms with van der Waals surface area (Å²) in [6, 6.07) is 14.3. The van der Waals surface area contributed by atoms with Gasteiger partial charge in [-0.05, 0) is 29.7 Å². The van der Waals surface area contributed by atoms with Crippen LogP contribution in [0.15, 0.2) is 48.5 Å². The molecule has 0 saturated carbocycles. The van der Waals surface area contributed by atoms with E-state index in [1.54, 1.807) is 24.3 Å². The number of nitrogens with zero attached hydrogens (tertiary/aromatic N) is 3. The van der Waals surface area contributed by atoms with Crippen LogP contribution in [-0.4, -0.2) is 64.5 Å². The molecule has 2 aromatic rings. The van der Waals surface area contributed by atoms with Crippen LogP contribution in [0.1, 0.15) is 37.9 Å². The number of rotatable bonds is 2. The summed E-state index contributed by atoms with van der Waals surface area (Å²) in [5, 5.41) is 0. The molecule has 0 N–H and O–H groups in total. The molecule has 1 unspecified atom stereocenters. The Bertz CT molecular complexity index is 1030. The lowest BCUT2D eigenvalue weighted by Gasteiger charge is -2.44. The standard InChI is InChI=1S/C22H19N3O4/c26-19(13-25-21(28)16-7-3-4-8-17(16)22(25)29)23-11-18-15-6-2-1-5-14(15)9-10-24(18)20(27)12-23/h1-8,18H,9-13H2. The fraction of sp³-hybridized carbons (Fsp3) is 0.273. The van der Waals surface area contributed by atoms with Crippen molar-refractivity contribution in [3.8, 4) is 0 Å². The highest BCUT2D eigenvalue weighted by Gasteiger charge is 2.41. The van der Waals surface area contributed by atoms with Crippen molar-refractivity contribution in [3.05, 3.63) is 70.8 Å². The molecule has 7 heteroatoms. The Labute approximate surface area is 167 Å². The van der Waals surface area contributed by atoms with Gasteiger partial charge < -0.3 is 9.80 Å². The minimum atomic E-state index is -0.466. The fourth-order valence-electron chi connectivity index (χ4n) is 4.48. The second-order valence-corrected chi connectivity index (χ2v) is 7.57. The molecule has 0 bridgehead atoms. The van der Waals surface area contributed by atoms with Crippen molar-refractivity contribution in [3.63, 3.8) is 0 Å². The van der Waals surface area contributed by atoms with Crippen molar-refractivity contribution in [1.29, 1.82) is 0 Å². The first-order chi connectivity index (χ1) is 14.0. The van der Waals surface area contributed by atoms with E-state index in [9.17, 15) is 19.2 Å². The molecule has 3 aliphatic rings. The molecule has 5 rings (SSSR count). The number of hydrogen-bond donors (Lipinski definition) is 0. The maximum absolute atomic E-state index is 12.9. The lowest BCUT2D eigenvalue weighted by atomic mass is 9.91. The highest BCUT2D eigenvalue weighted by molar-refractivity contribution is 6.22. The van der Waals surface area contributed by atoms with Gasteiger partial charge in [-0.15, -0.1) is 0 Å². The molecule has 1 fully saturated rings. The van der Waals surface area contributed by atoms with Crippen molar-refractivity contribution < 1.29 is 19.2 Å². The Morgan fingerprint density at radius 3 is 2.31 bits per heavy atom. The molecule has 1 saturated heterocycles. The lowest BCUT2D eigenvalue weighted by Crippen LogP contribution is -2.57. The van der Waals surface area contributed by atoms with Gasteiger partial charge in [-0.25, -0.2) is 0 Å². The summed E-state index contributed by atoms with van der Waals surface area (Å²) in [6.45, 7) is 0.625. The third-order valence-electron chi connectivity index (χ3n) is 5.98. The van der Waals surface area contributed by atoms with Crippen LogP contribution >= 0.6 is 0 Å². The van der Waals surface area contributed by atoms with E-state index in [1.165, 1.54) is 10.5 Å². The number of imide groups is 1.